The molecule has 0 aliphatic heterocycles. The number of carbonyl (C=O) groups excluding carboxylic acids is 1. The van der Waals surface area contributed by atoms with Gasteiger partial charge in [0.05, 0.1) is 14.2 Å². The number of hydrogen-bond donors (Lipinski definition) is 0. The van der Waals surface area contributed by atoms with Gasteiger partial charge in [0.25, 0.3) is 0 Å². The lowest BCUT2D eigenvalue weighted by Crippen LogP contribution is -2.24. The third kappa shape index (κ3) is 3.87. The molecule has 0 spiro atoms. The molecule has 1 fully saturated rings. The Labute approximate surface area is 127 Å². The maximum Gasteiger partial charge on any atom is 0.330 e. The number of methoxy groups -OCH3 is 2. The number of benzene rings is 1. The highest BCUT2D eigenvalue weighted by Gasteiger charge is 2.32. The summed E-state index contributed by atoms with van der Waals surface area (Å²) in [4.78, 5) is 11.6. The van der Waals surface area contributed by atoms with E-state index in [9.17, 15) is 4.79 Å². The molecule has 1 aromatic rings. The second-order valence-corrected chi connectivity index (χ2v) is 6.44. The van der Waals surface area contributed by atoms with Crippen LogP contribution in [-0.4, -0.2) is 20.2 Å². The van der Waals surface area contributed by atoms with E-state index >= 15 is 0 Å². The molecule has 0 heterocycles. The lowest BCUT2D eigenvalue weighted by Gasteiger charge is -2.37. The highest BCUT2D eigenvalue weighted by molar-refractivity contribution is 5.83. The summed E-state index contributed by atoms with van der Waals surface area (Å²) in [6.07, 6.45) is 4.72. The van der Waals surface area contributed by atoms with Crippen LogP contribution in [0.5, 0.6) is 5.75 Å². The van der Waals surface area contributed by atoms with E-state index in [1.165, 1.54) is 12.7 Å². The molecule has 0 amide bonds. The minimum Gasteiger partial charge on any atom is -0.497 e. The summed E-state index contributed by atoms with van der Waals surface area (Å²) in [5, 5.41) is 0. The molecule has 114 valence electrons. The lowest BCUT2D eigenvalue weighted by molar-refractivity contribution is -0.134. The van der Waals surface area contributed by atoms with Gasteiger partial charge in [0.2, 0.25) is 0 Å². The molecule has 3 nitrogen and oxygen atoms in total. The molecular weight excluding hydrogens is 264 g/mol. The smallest absolute Gasteiger partial charge is 0.330 e. The molecule has 1 aliphatic rings. The number of esters is 1. The third-order valence-electron chi connectivity index (χ3n) is 4.30. The Balaban J connectivity index is 2.37. The maximum atomic E-state index is 11.6. The van der Waals surface area contributed by atoms with Crippen molar-refractivity contribution in [1.29, 1.82) is 0 Å². The molecular formula is C18H24O3. The Morgan fingerprint density at radius 3 is 2.76 bits per heavy atom. The van der Waals surface area contributed by atoms with Crippen molar-refractivity contribution in [3.05, 3.63) is 41.5 Å². The maximum absolute atomic E-state index is 11.6. The van der Waals surface area contributed by atoms with Crippen molar-refractivity contribution >= 4 is 5.97 Å². The number of hydrogen-bond acceptors (Lipinski definition) is 3. The Hall–Kier alpha value is -1.77. The Bertz CT molecular complexity index is 543. The number of allylic oxidation sites excluding steroid dienone is 1. The zero-order valence-corrected chi connectivity index (χ0v) is 13.3. The standard InChI is InChI=1S/C18H24O3/c1-18(2)9-8-14(11-17(19)21-4)16(12-18)13-6-5-7-15(10-13)20-3/h5-7,10-11,16H,8-9,12H2,1-4H3/b14-11+. The zero-order chi connectivity index (χ0) is 15.5. The van der Waals surface area contributed by atoms with Gasteiger partial charge < -0.3 is 9.47 Å². The second kappa shape index (κ2) is 6.33. The molecule has 0 aromatic heterocycles. The summed E-state index contributed by atoms with van der Waals surface area (Å²) < 4.78 is 10.1. The molecule has 0 saturated heterocycles. The second-order valence-electron chi connectivity index (χ2n) is 6.44. The van der Waals surface area contributed by atoms with Crippen molar-refractivity contribution in [3.8, 4) is 5.75 Å². The van der Waals surface area contributed by atoms with Crippen molar-refractivity contribution in [2.75, 3.05) is 14.2 Å². The SMILES string of the molecule is COC(=O)/C=C1\CCC(C)(C)CC1c1cccc(OC)c1. The first kappa shape index (κ1) is 15.6. The largest absolute Gasteiger partial charge is 0.497 e. The zero-order valence-electron chi connectivity index (χ0n) is 13.3. The van der Waals surface area contributed by atoms with Crippen LogP contribution in [0.1, 0.15) is 44.6 Å². The highest BCUT2D eigenvalue weighted by Crippen LogP contribution is 2.46. The quantitative estimate of drug-likeness (QED) is 0.621. The third-order valence-corrected chi connectivity index (χ3v) is 4.30. The minimum absolute atomic E-state index is 0.253. The van der Waals surface area contributed by atoms with Crippen molar-refractivity contribution in [2.45, 2.75) is 39.0 Å². The van der Waals surface area contributed by atoms with Crippen LogP contribution < -0.4 is 4.74 Å². The Morgan fingerprint density at radius 2 is 2.10 bits per heavy atom. The van der Waals surface area contributed by atoms with Crippen molar-refractivity contribution < 1.29 is 14.3 Å². The fraction of sp³-hybridized carbons (Fsp3) is 0.500. The van der Waals surface area contributed by atoms with Gasteiger partial charge in [0.1, 0.15) is 5.75 Å². The molecule has 21 heavy (non-hydrogen) atoms. The van der Waals surface area contributed by atoms with Gasteiger partial charge in [0, 0.05) is 12.0 Å². The molecule has 2 rings (SSSR count). The molecule has 1 aliphatic carbocycles. The van der Waals surface area contributed by atoms with Gasteiger partial charge in [-0.3, -0.25) is 0 Å². The molecule has 1 atom stereocenters. The fourth-order valence-corrected chi connectivity index (χ4v) is 3.02. The fourth-order valence-electron chi connectivity index (χ4n) is 3.02. The summed E-state index contributed by atoms with van der Waals surface area (Å²) in [6.45, 7) is 4.57. The van der Waals surface area contributed by atoms with Gasteiger partial charge in [-0.05, 0) is 42.4 Å². The Morgan fingerprint density at radius 1 is 1.33 bits per heavy atom. The van der Waals surface area contributed by atoms with Gasteiger partial charge >= 0.3 is 5.97 Å². The van der Waals surface area contributed by atoms with E-state index < -0.39 is 0 Å². The van der Waals surface area contributed by atoms with E-state index in [-0.39, 0.29) is 17.3 Å². The van der Waals surface area contributed by atoms with Gasteiger partial charge in [0.15, 0.2) is 0 Å². The molecule has 0 bridgehead atoms. The van der Waals surface area contributed by atoms with Gasteiger partial charge in [-0.2, -0.15) is 0 Å². The first-order valence-electron chi connectivity index (χ1n) is 7.37. The predicted molar refractivity (Wildman–Crippen MR) is 83.5 cm³/mol. The van der Waals surface area contributed by atoms with Crippen LogP contribution in [0.25, 0.3) is 0 Å². The van der Waals surface area contributed by atoms with Crippen LogP contribution in [0, 0.1) is 5.41 Å². The van der Waals surface area contributed by atoms with Crippen LogP contribution in [0.2, 0.25) is 0 Å². The van der Waals surface area contributed by atoms with E-state index in [1.54, 1.807) is 13.2 Å². The van der Waals surface area contributed by atoms with E-state index in [2.05, 4.69) is 26.0 Å². The summed E-state index contributed by atoms with van der Waals surface area (Å²) >= 11 is 0. The molecule has 3 heteroatoms. The molecule has 1 aromatic carbocycles. The molecule has 1 saturated carbocycles. The topological polar surface area (TPSA) is 35.5 Å². The Kier molecular flexibility index (Phi) is 4.71. The van der Waals surface area contributed by atoms with E-state index in [1.807, 2.05) is 12.1 Å². The van der Waals surface area contributed by atoms with Crippen LogP contribution >= 0.6 is 0 Å². The van der Waals surface area contributed by atoms with Crippen LogP contribution in [-0.2, 0) is 9.53 Å². The normalized spacial score (nSPS) is 22.9. The highest BCUT2D eigenvalue weighted by atomic mass is 16.5. The van der Waals surface area contributed by atoms with Gasteiger partial charge in [-0.1, -0.05) is 31.6 Å². The first-order chi connectivity index (χ1) is 9.95. The lowest BCUT2D eigenvalue weighted by atomic mass is 9.67. The predicted octanol–water partition coefficient (Wildman–Crippen LogP) is 4.09. The van der Waals surface area contributed by atoms with E-state index in [0.29, 0.717) is 0 Å². The van der Waals surface area contributed by atoms with Crippen LogP contribution in [0.3, 0.4) is 0 Å². The average Bonchev–Trinajstić information content (AvgIpc) is 2.48. The van der Waals surface area contributed by atoms with Crippen LogP contribution in [0.15, 0.2) is 35.9 Å². The van der Waals surface area contributed by atoms with Gasteiger partial charge in [-0.15, -0.1) is 0 Å². The number of rotatable bonds is 3. The minimum atomic E-state index is -0.266. The summed E-state index contributed by atoms with van der Waals surface area (Å²) in [6, 6.07) is 8.13. The first-order valence-corrected chi connectivity index (χ1v) is 7.37. The summed E-state index contributed by atoms with van der Waals surface area (Å²) in [7, 11) is 3.10. The van der Waals surface area contributed by atoms with Crippen molar-refractivity contribution in [1.82, 2.24) is 0 Å². The summed E-state index contributed by atoms with van der Waals surface area (Å²) in [5.41, 5.74) is 2.65. The molecule has 0 N–H and O–H groups in total. The number of ether oxygens (including phenoxy) is 2. The number of carbonyl (C=O) groups is 1. The average molecular weight is 288 g/mol. The van der Waals surface area contributed by atoms with Crippen molar-refractivity contribution in [3.63, 3.8) is 0 Å². The van der Waals surface area contributed by atoms with E-state index in [0.717, 1.165) is 30.6 Å². The molecule has 0 radical (unpaired) electrons. The van der Waals surface area contributed by atoms with Gasteiger partial charge in [-0.25, -0.2) is 4.79 Å². The van der Waals surface area contributed by atoms with E-state index in [4.69, 9.17) is 9.47 Å². The molecule has 1 unspecified atom stereocenters. The van der Waals surface area contributed by atoms with Crippen LogP contribution in [0.4, 0.5) is 0 Å². The summed E-state index contributed by atoms with van der Waals surface area (Å²) in [5.74, 6) is 0.842. The van der Waals surface area contributed by atoms with Crippen molar-refractivity contribution in [2.24, 2.45) is 5.41 Å². The monoisotopic (exact) mass is 288 g/mol.